The second kappa shape index (κ2) is 5.08. The highest BCUT2D eigenvalue weighted by molar-refractivity contribution is 9.10. The molecular formula is C11H16BrN3O. The summed E-state index contributed by atoms with van der Waals surface area (Å²) in [5, 5.41) is 7.64. The Morgan fingerprint density at radius 2 is 2.19 bits per heavy atom. The molecule has 0 radical (unpaired) electrons. The number of rotatable bonds is 4. The molecule has 0 aromatic carbocycles. The van der Waals surface area contributed by atoms with Gasteiger partial charge in [-0.2, -0.15) is 0 Å². The van der Waals surface area contributed by atoms with E-state index in [1.807, 2.05) is 0 Å². The van der Waals surface area contributed by atoms with Crippen LogP contribution in [0.1, 0.15) is 49.0 Å². The Hall–Kier alpha value is -0.710. The van der Waals surface area contributed by atoms with Crippen LogP contribution in [0.4, 0.5) is 0 Å². The number of carbonyl (C=O) groups is 1. The molecular weight excluding hydrogens is 270 g/mol. The van der Waals surface area contributed by atoms with Crippen molar-refractivity contribution in [2.75, 3.05) is 0 Å². The van der Waals surface area contributed by atoms with Gasteiger partial charge in [-0.25, -0.2) is 4.68 Å². The lowest BCUT2D eigenvalue weighted by molar-refractivity contribution is 0.0964. The molecule has 1 saturated carbocycles. The zero-order valence-corrected chi connectivity index (χ0v) is 11.0. The number of aryl methyl sites for hydroxylation is 1. The van der Waals surface area contributed by atoms with Gasteiger partial charge in [-0.15, -0.1) is 5.10 Å². The topological polar surface area (TPSA) is 47.8 Å². The maximum absolute atomic E-state index is 12.0. The van der Waals surface area contributed by atoms with E-state index in [0.29, 0.717) is 16.7 Å². The van der Waals surface area contributed by atoms with Gasteiger partial charge < -0.3 is 0 Å². The van der Waals surface area contributed by atoms with Gasteiger partial charge in [0.1, 0.15) is 5.69 Å². The fraction of sp³-hybridized carbons (Fsp3) is 0.727. The first-order chi connectivity index (χ1) is 7.68. The normalized spacial score (nSPS) is 16.9. The number of ketones is 1. The van der Waals surface area contributed by atoms with Crippen LogP contribution in [0.5, 0.6) is 0 Å². The third-order valence-electron chi connectivity index (χ3n) is 3.30. The molecule has 88 valence electrons. The maximum atomic E-state index is 12.0. The molecule has 0 saturated heterocycles. The van der Waals surface area contributed by atoms with Crippen molar-refractivity contribution < 1.29 is 4.79 Å². The van der Waals surface area contributed by atoms with Gasteiger partial charge in [-0.3, -0.25) is 4.79 Å². The third-order valence-corrected chi connectivity index (χ3v) is 3.84. The molecule has 4 nitrogen and oxygen atoms in total. The smallest absolute Gasteiger partial charge is 0.183 e. The Balaban J connectivity index is 1.92. The fourth-order valence-corrected chi connectivity index (χ4v) is 2.93. The first kappa shape index (κ1) is 11.8. The van der Waals surface area contributed by atoms with Gasteiger partial charge in [0.2, 0.25) is 0 Å². The van der Waals surface area contributed by atoms with Gasteiger partial charge in [-0.1, -0.05) is 30.9 Å². The van der Waals surface area contributed by atoms with E-state index >= 15 is 0 Å². The van der Waals surface area contributed by atoms with Gasteiger partial charge in [0.05, 0.1) is 0 Å². The zero-order chi connectivity index (χ0) is 11.5. The highest BCUT2D eigenvalue weighted by atomic mass is 79.9. The molecule has 5 heteroatoms. The number of carbonyl (C=O) groups excluding carboxylic acids is 1. The van der Waals surface area contributed by atoms with Crippen molar-refractivity contribution in [3.8, 4) is 0 Å². The molecule has 0 aliphatic heterocycles. The zero-order valence-electron chi connectivity index (χ0n) is 9.45. The van der Waals surface area contributed by atoms with Gasteiger partial charge in [0.25, 0.3) is 0 Å². The van der Waals surface area contributed by atoms with Gasteiger partial charge in [0.15, 0.2) is 10.4 Å². The predicted octanol–water partition coefficient (Wildman–Crippen LogP) is 2.73. The van der Waals surface area contributed by atoms with Crippen LogP contribution in [0.3, 0.4) is 0 Å². The summed E-state index contributed by atoms with van der Waals surface area (Å²) in [4.78, 5) is 12.0. The van der Waals surface area contributed by atoms with E-state index < -0.39 is 0 Å². The molecule has 16 heavy (non-hydrogen) atoms. The fourth-order valence-electron chi connectivity index (χ4n) is 2.38. The molecule has 1 aromatic rings. The summed E-state index contributed by atoms with van der Waals surface area (Å²) in [6.07, 6.45) is 6.86. The van der Waals surface area contributed by atoms with Crippen molar-refractivity contribution in [1.29, 1.82) is 0 Å². The minimum atomic E-state index is 0.145. The minimum absolute atomic E-state index is 0.145. The summed E-state index contributed by atoms with van der Waals surface area (Å²) in [6.45, 7) is 0. The molecule has 1 aromatic heterocycles. The Bertz CT molecular complexity index is 363. The van der Waals surface area contributed by atoms with E-state index in [4.69, 9.17) is 0 Å². The molecule has 0 N–H and O–H groups in total. The quantitative estimate of drug-likeness (QED) is 0.800. The molecule has 0 bridgehead atoms. The Morgan fingerprint density at radius 1 is 1.50 bits per heavy atom. The SMILES string of the molecule is Cn1nnc(Br)c1C(=O)CCC1CCCC1. The van der Waals surface area contributed by atoms with Gasteiger partial charge in [0, 0.05) is 13.5 Å². The first-order valence-electron chi connectivity index (χ1n) is 5.77. The highest BCUT2D eigenvalue weighted by Gasteiger charge is 2.20. The van der Waals surface area contributed by atoms with Crippen molar-refractivity contribution in [1.82, 2.24) is 15.0 Å². The molecule has 1 aliphatic rings. The number of hydrogen-bond donors (Lipinski definition) is 0. The van der Waals surface area contributed by atoms with E-state index in [9.17, 15) is 4.79 Å². The molecule has 0 unspecified atom stereocenters. The number of halogens is 1. The van der Waals surface area contributed by atoms with Crippen molar-refractivity contribution >= 4 is 21.7 Å². The Kier molecular flexibility index (Phi) is 3.74. The number of Topliss-reactive ketones (excluding diaryl/α,β-unsaturated/α-hetero) is 1. The first-order valence-corrected chi connectivity index (χ1v) is 6.56. The molecule has 0 spiro atoms. The van der Waals surface area contributed by atoms with E-state index in [1.165, 1.54) is 25.7 Å². The summed E-state index contributed by atoms with van der Waals surface area (Å²) in [6, 6.07) is 0. The average Bonchev–Trinajstić information content (AvgIpc) is 2.86. The Morgan fingerprint density at radius 3 is 2.75 bits per heavy atom. The standard InChI is InChI=1S/C11H16BrN3O/c1-15-10(11(12)13-14-15)9(16)7-6-8-4-2-3-5-8/h8H,2-7H2,1H3. The summed E-state index contributed by atoms with van der Waals surface area (Å²) in [5.41, 5.74) is 0.595. The third kappa shape index (κ3) is 2.51. The van der Waals surface area contributed by atoms with E-state index in [0.717, 1.165) is 12.3 Å². The molecule has 2 rings (SSSR count). The molecule has 0 amide bonds. The second-order valence-electron chi connectivity index (χ2n) is 4.46. The summed E-state index contributed by atoms with van der Waals surface area (Å²) in [5.74, 6) is 0.898. The molecule has 1 fully saturated rings. The van der Waals surface area contributed by atoms with Crippen LogP contribution in [0.2, 0.25) is 0 Å². The summed E-state index contributed by atoms with van der Waals surface area (Å²) in [7, 11) is 1.75. The van der Waals surface area contributed by atoms with Crippen molar-refractivity contribution in [3.05, 3.63) is 10.3 Å². The molecule has 0 atom stereocenters. The molecule has 1 aliphatic carbocycles. The molecule has 1 heterocycles. The lowest BCUT2D eigenvalue weighted by atomic mass is 9.99. The van der Waals surface area contributed by atoms with Crippen molar-refractivity contribution in [2.24, 2.45) is 13.0 Å². The number of aromatic nitrogens is 3. The van der Waals surface area contributed by atoms with Crippen LogP contribution >= 0.6 is 15.9 Å². The second-order valence-corrected chi connectivity index (χ2v) is 5.22. The summed E-state index contributed by atoms with van der Waals surface area (Å²) >= 11 is 3.26. The van der Waals surface area contributed by atoms with E-state index in [1.54, 1.807) is 11.7 Å². The average molecular weight is 286 g/mol. The highest BCUT2D eigenvalue weighted by Crippen LogP contribution is 2.29. The maximum Gasteiger partial charge on any atom is 0.183 e. The number of hydrogen-bond acceptors (Lipinski definition) is 3. The van der Waals surface area contributed by atoms with E-state index in [2.05, 4.69) is 26.2 Å². The predicted molar refractivity (Wildman–Crippen MR) is 64.2 cm³/mol. The van der Waals surface area contributed by atoms with Crippen LogP contribution in [-0.2, 0) is 7.05 Å². The van der Waals surface area contributed by atoms with Crippen LogP contribution in [0.15, 0.2) is 4.60 Å². The van der Waals surface area contributed by atoms with Gasteiger partial charge >= 0.3 is 0 Å². The van der Waals surface area contributed by atoms with E-state index in [-0.39, 0.29) is 5.78 Å². The monoisotopic (exact) mass is 285 g/mol. The van der Waals surface area contributed by atoms with Crippen molar-refractivity contribution in [2.45, 2.75) is 38.5 Å². The minimum Gasteiger partial charge on any atom is -0.292 e. The van der Waals surface area contributed by atoms with Crippen molar-refractivity contribution in [3.63, 3.8) is 0 Å². The summed E-state index contributed by atoms with van der Waals surface area (Å²) < 4.78 is 2.10. The lowest BCUT2D eigenvalue weighted by Gasteiger charge is -2.07. The Labute approximate surface area is 104 Å². The van der Waals surface area contributed by atoms with Crippen LogP contribution in [-0.4, -0.2) is 20.8 Å². The van der Waals surface area contributed by atoms with Crippen LogP contribution in [0, 0.1) is 5.92 Å². The number of nitrogens with zero attached hydrogens (tertiary/aromatic N) is 3. The van der Waals surface area contributed by atoms with Crippen LogP contribution in [0.25, 0.3) is 0 Å². The van der Waals surface area contributed by atoms with Crippen LogP contribution < -0.4 is 0 Å². The largest absolute Gasteiger partial charge is 0.292 e. The van der Waals surface area contributed by atoms with Gasteiger partial charge in [-0.05, 0) is 28.3 Å². The lowest BCUT2D eigenvalue weighted by Crippen LogP contribution is -2.09.